The highest BCUT2D eigenvalue weighted by molar-refractivity contribution is 4.95. The smallest absolute Gasteiger partial charge is 0.226 e. The van der Waals surface area contributed by atoms with Crippen LogP contribution in [0.15, 0.2) is 4.52 Å². The van der Waals surface area contributed by atoms with Crippen LogP contribution < -0.4 is 5.32 Å². The number of aromatic nitrogens is 2. The summed E-state index contributed by atoms with van der Waals surface area (Å²) in [4.78, 5) is 6.93. The van der Waals surface area contributed by atoms with E-state index in [1.165, 1.54) is 0 Å². The van der Waals surface area contributed by atoms with Crippen LogP contribution in [0.2, 0.25) is 0 Å². The first kappa shape index (κ1) is 13.5. The number of piperazine rings is 1. The number of nitrogens with one attached hydrogen (secondary N) is 1. The fraction of sp³-hybridized carbons (Fsp3) is 0.846. The minimum Gasteiger partial charge on any atom is -0.339 e. The lowest BCUT2D eigenvalue weighted by molar-refractivity contribution is 0.176. The molecule has 18 heavy (non-hydrogen) atoms. The van der Waals surface area contributed by atoms with Crippen LogP contribution in [0, 0.1) is 5.92 Å². The maximum atomic E-state index is 5.35. The molecule has 0 aromatic carbocycles. The van der Waals surface area contributed by atoms with Gasteiger partial charge in [0.15, 0.2) is 5.82 Å². The molecule has 1 aliphatic heterocycles. The molecular formula is C13H24N4O. The fourth-order valence-electron chi connectivity index (χ4n) is 2.20. The molecule has 2 rings (SSSR count). The van der Waals surface area contributed by atoms with Crippen molar-refractivity contribution in [3.63, 3.8) is 0 Å². The molecule has 2 unspecified atom stereocenters. The Bertz CT molecular complexity index is 360. The lowest BCUT2D eigenvalue weighted by Crippen LogP contribution is -2.44. The van der Waals surface area contributed by atoms with Gasteiger partial charge >= 0.3 is 0 Å². The standard InChI is InChI=1S/C13H24N4O/c1-4-10(2)9-12-15-13(16-18-12)11(3)17-7-5-14-6-8-17/h10-11,14H,4-9H2,1-3H3. The second-order valence-electron chi connectivity index (χ2n) is 5.23. The van der Waals surface area contributed by atoms with Crippen LogP contribution in [0.3, 0.4) is 0 Å². The van der Waals surface area contributed by atoms with Crippen LogP contribution in [-0.4, -0.2) is 41.2 Å². The summed E-state index contributed by atoms with van der Waals surface area (Å²) in [5, 5.41) is 7.48. The molecular weight excluding hydrogens is 228 g/mol. The Morgan fingerprint density at radius 2 is 2.06 bits per heavy atom. The van der Waals surface area contributed by atoms with Crippen molar-refractivity contribution in [2.45, 2.75) is 39.7 Å². The first-order valence-electron chi connectivity index (χ1n) is 6.98. The monoisotopic (exact) mass is 252 g/mol. The van der Waals surface area contributed by atoms with Gasteiger partial charge in [-0.05, 0) is 12.8 Å². The van der Waals surface area contributed by atoms with Gasteiger partial charge in [0, 0.05) is 32.6 Å². The van der Waals surface area contributed by atoms with Gasteiger partial charge in [-0.25, -0.2) is 0 Å². The quantitative estimate of drug-likeness (QED) is 0.863. The predicted octanol–water partition coefficient (Wildman–Crippen LogP) is 1.62. The molecule has 0 spiro atoms. The molecule has 2 atom stereocenters. The van der Waals surface area contributed by atoms with E-state index >= 15 is 0 Å². The van der Waals surface area contributed by atoms with E-state index in [2.05, 4.69) is 41.1 Å². The number of nitrogens with zero attached hydrogens (tertiary/aromatic N) is 3. The normalized spacial score (nSPS) is 20.8. The summed E-state index contributed by atoms with van der Waals surface area (Å²) in [6.45, 7) is 10.7. The van der Waals surface area contributed by atoms with Crippen LogP contribution in [0.4, 0.5) is 0 Å². The fourth-order valence-corrected chi connectivity index (χ4v) is 2.20. The van der Waals surface area contributed by atoms with Gasteiger partial charge in [0.2, 0.25) is 5.89 Å². The van der Waals surface area contributed by atoms with Crippen molar-refractivity contribution in [1.29, 1.82) is 0 Å². The van der Waals surface area contributed by atoms with E-state index in [-0.39, 0.29) is 6.04 Å². The highest BCUT2D eigenvalue weighted by Crippen LogP contribution is 2.18. The van der Waals surface area contributed by atoms with Crippen LogP contribution >= 0.6 is 0 Å². The Morgan fingerprint density at radius 3 is 2.72 bits per heavy atom. The predicted molar refractivity (Wildman–Crippen MR) is 70.3 cm³/mol. The molecule has 102 valence electrons. The third kappa shape index (κ3) is 3.29. The maximum Gasteiger partial charge on any atom is 0.226 e. The Labute approximate surface area is 109 Å². The molecule has 1 fully saturated rings. The third-order valence-electron chi connectivity index (χ3n) is 3.78. The van der Waals surface area contributed by atoms with Crippen molar-refractivity contribution in [3.05, 3.63) is 11.7 Å². The van der Waals surface area contributed by atoms with E-state index in [1.54, 1.807) is 0 Å². The lowest BCUT2D eigenvalue weighted by Gasteiger charge is -2.30. The maximum absolute atomic E-state index is 5.35. The molecule has 0 radical (unpaired) electrons. The summed E-state index contributed by atoms with van der Waals surface area (Å²) < 4.78 is 5.35. The summed E-state index contributed by atoms with van der Waals surface area (Å²) in [5.74, 6) is 2.21. The van der Waals surface area contributed by atoms with Gasteiger partial charge in [0.1, 0.15) is 0 Å². The zero-order chi connectivity index (χ0) is 13.0. The van der Waals surface area contributed by atoms with Crippen LogP contribution in [0.25, 0.3) is 0 Å². The van der Waals surface area contributed by atoms with Crippen molar-refractivity contribution >= 4 is 0 Å². The second-order valence-corrected chi connectivity index (χ2v) is 5.23. The van der Waals surface area contributed by atoms with Gasteiger partial charge in [-0.3, -0.25) is 4.90 Å². The molecule has 1 saturated heterocycles. The van der Waals surface area contributed by atoms with E-state index in [4.69, 9.17) is 4.52 Å². The summed E-state index contributed by atoms with van der Waals surface area (Å²) in [7, 11) is 0. The van der Waals surface area contributed by atoms with Gasteiger partial charge in [0.25, 0.3) is 0 Å². The van der Waals surface area contributed by atoms with Gasteiger partial charge < -0.3 is 9.84 Å². The lowest BCUT2D eigenvalue weighted by atomic mass is 10.1. The molecule has 0 saturated carbocycles. The van der Waals surface area contributed by atoms with Gasteiger partial charge in [-0.15, -0.1) is 0 Å². The average molecular weight is 252 g/mol. The Morgan fingerprint density at radius 1 is 1.33 bits per heavy atom. The van der Waals surface area contributed by atoms with Gasteiger partial charge in [0.05, 0.1) is 6.04 Å². The van der Waals surface area contributed by atoms with E-state index in [0.29, 0.717) is 5.92 Å². The minimum atomic E-state index is 0.251. The van der Waals surface area contributed by atoms with Crippen molar-refractivity contribution in [2.24, 2.45) is 5.92 Å². The first-order valence-corrected chi connectivity index (χ1v) is 6.98. The minimum absolute atomic E-state index is 0.251. The molecule has 1 N–H and O–H groups in total. The van der Waals surface area contributed by atoms with Crippen molar-refractivity contribution in [2.75, 3.05) is 26.2 Å². The number of rotatable bonds is 5. The molecule has 1 aliphatic rings. The Hall–Kier alpha value is -0.940. The van der Waals surface area contributed by atoms with Gasteiger partial charge in [-0.1, -0.05) is 25.4 Å². The van der Waals surface area contributed by atoms with E-state index in [1.807, 2.05) is 0 Å². The number of hydrogen-bond acceptors (Lipinski definition) is 5. The molecule has 5 heteroatoms. The summed E-state index contributed by atoms with van der Waals surface area (Å²) >= 11 is 0. The SMILES string of the molecule is CCC(C)Cc1nc(C(C)N2CCNCC2)no1. The Kier molecular flexibility index (Phi) is 4.72. The van der Waals surface area contributed by atoms with E-state index in [0.717, 1.165) is 50.7 Å². The summed E-state index contributed by atoms with van der Waals surface area (Å²) in [6, 6.07) is 0.251. The van der Waals surface area contributed by atoms with Crippen molar-refractivity contribution in [3.8, 4) is 0 Å². The highest BCUT2D eigenvalue weighted by atomic mass is 16.5. The zero-order valence-electron chi connectivity index (χ0n) is 11.6. The first-order chi connectivity index (χ1) is 8.70. The highest BCUT2D eigenvalue weighted by Gasteiger charge is 2.22. The molecule has 1 aromatic heterocycles. The van der Waals surface area contributed by atoms with Crippen LogP contribution in [-0.2, 0) is 6.42 Å². The molecule has 0 aliphatic carbocycles. The Balaban J connectivity index is 1.95. The largest absolute Gasteiger partial charge is 0.339 e. The molecule has 0 amide bonds. The second kappa shape index (κ2) is 6.29. The van der Waals surface area contributed by atoms with Crippen LogP contribution in [0.1, 0.15) is 44.9 Å². The molecule has 0 bridgehead atoms. The summed E-state index contributed by atoms with van der Waals surface area (Å²) in [6.07, 6.45) is 2.03. The molecule has 2 heterocycles. The van der Waals surface area contributed by atoms with E-state index < -0.39 is 0 Å². The van der Waals surface area contributed by atoms with Crippen LogP contribution in [0.5, 0.6) is 0 Å². The average Bonchev–Trinajstić information content (AvgIpc) is 2.87. The molecule has 5 nitrogen and oxygen atoms in total. The van der Waals surface area contributed by atoms with Crippen molar-refractivity contribution in [1.82, 2.24) is 20.4 Å². The number of hydrogen-bond donors (Lipinski definition) is 1. The molecule has 1 aromatic rings. The van der Waals surface area contributed by atoms with Gasteiger partial charge in [-0.2, -0.15) is 4.98 Å². The zero-order valence-corrected chi connectivity index (χ0v) is 11.6. The third-order valence-corrected chi connectivity index (χ3v) is 3.78. The summed E-state index contributed by atoms with van der Waals surface area (Å²) in [5.41, 5.74) is 0. The van der Waals surface area contributed by atoms with E-state index in [9.17, 15) is 0 Å². The topological polar surface area (TPSA) is 54.2 Å². The van der Waals surface area contributed by atoms with Crippen molar-refractivity contribution < 1.29 is 4.52 Å².